The van der Waals surface area contributed by atoms with E-state index in [4.69, 9.17) is 4.74 Å². The fourth-order valence-corrected chi connectivity index (χ4v) is 6.60. The highest BCUT2D eigenvalue weighted by molar-refractivity contribution is 5.78. The molecule has 1 saturated carbocycles. The van der Waals surface area contributed by atoms with E-state index >= 15 is 0 Å². The van der Waals surface area contributed by atoms with Crippen molar-refractivity contribution in [3.63, 3.8) is 0 Å². The lowest BCUT2D eigenvalue weighted by atomic mass is 10.1. The number of hydrogen-bond acceptors (Lipinski definition) is 11. The number of hydrogen-bond donors (Lipinski definition) is 6. The average Bonchev–Trinajstić information content (AvgIpc) is 3.66. The number of amides is 2. The lowest BCUT2D eigenvalue weighted by Gasteiger charge is -2.35. The van der Waals surface area contributed by atoms with Crippen LogP contribution in [0.4, 0.5) is 4.79 Å². The normalized spacial score (nSPS) is 23.4. The van der Waals surface area contributed by atoms with Gasteiger partial charge in [0.15, 0.2) is 0 Å². The van der Waals surface area contributed by atoms with Crippen LogP contribution in [0.15, 0.2) is 0 Å². The second-order valence-corrected chi connectivity index (χ2v) is 12.7. The van der Waals surface area contributed by atoms with E-state index in [1.54, 1.807) is 19.6 Å². The van der Waals surface area contributed by atoms with Crippen molar-refractivity contribution in [3.05, 3.63) is 0 Å². The number of carbonyl (C=O) groups excluding carboxylic acids is 2. The van der Waals surface area contributed by atoms with E-state index in [0.29, 0.717) is 24.4 Å². The summed E-state index contributed by atoms with van der Waals surface area (Å²) in [7, 11) is 0. The van der Waals surface area contributed by atoms with Crippen LogP contribution in [0.1, 0.15) is 38.5 Å². The van der Waals surface area contributed by atoms with E-state index in [9.17, 15) is 49.2 Å². The third kappa shape index (κ3) is 15.0. The molecule has 2 unspecified atom stereocenters. The molecular formula is C32H50N6O11. The van der Waals surface area contributed by atoms with Crippen LogP contribution in [-0.4, -0.2) is 174 Å². The number of ether oxygens (including phenoxy) is 1. The predicted octanol–water partition coefficient (Wildman–Crippen LogP) is -1.02. The topological polar surface area (TPSA) is 230 Å². The fourth-order valence-electron chi connectivity index (χ4n) is 6.60. The Labute approximate surface area is 285 Å². The van der Waals surface area contributed by atoms with Gasteiger partial charge in [-0.2, -0.15) is 0 Å². The minimum atomic E-state index is -1.18. The van der Waals surface area contributed by atoms with E-state index in [1.807, 2.05) is 0 Å². The van der Waals surface area contributed by atoms with E-state index < -0.39 is 41.9 Å². The molecule has 0 radical (unpaired) electrons. The summed E-state index contributed by atoms with van der Waals surface area (Å²) < 4.78 is 5.38. The molecule has 6 N–H and O–H groups in total. The van der Waals surface area contributed by atoms with Gasteiger partial charge in [-0.3, -0.25) is 43.6 Å². The highest BCUT2D eigenvalue weighted by atomic mass is 16.5. The number of nitrogens with zero attached hydrogens (tertiary/aromatic N) is 4. The maximum Gasteiger partial charge on any atom is 0.407 e. The zero-order valence-electron chi connectivity index (χ0n) is 27.9. The Bertz CT molecular complexity index is 1170. The fraction of sp³-hybridized carbons (Fsp3) is 0.750. The first-order chi connectivity index (χ1) is 23.4. The summed E-state index contributed by atoms with van der Waals surface area (Å²) in [4.78, 5) is 78.0. The van der Waals surface area contributed by atoms with Gasteiger partial charge in [0.05, 0.1) is 26.2 Å². The molecule has 2 fully saturated rings. The van der Waals surface area contributed by atoms with E-state index in [-0.39, 0.29) is 97.9 Å². The number of alkyl carbamates (subject to hydrolysis) is 1. The molecule has 4 atom stereocenters. The number of carboxylic acid groups (broad SMARTS) is 4. The van der Waals surface area contributed by atoms with Gasteiger partial charge < -0.3 is 35.8 Å². The summed E-state index contributed by atoms with van der Waals surface area (Å²) in [6, 6.07) is -1.12. The Hall–Kier alpha value is -3.98. The van der Waals surface area contributed by atoms with Gasteiger partial charge in [-0.25, -0.2) is 4.79 Å². The van der Waals surface area contributed by atoms with Gasteiger partial charge in [0, 0.05) is 84.7 Å². The van der Waals surface area contributed by atoms with Crippen LogP contribution in [0.5, 0.6) is 0 Å². The van der Waals surface area contributed by atoms with E-state index in [2.05, 4.69) is 22.5 Å². The maximum absolute atomic E-state index is 12.6. The molecule has 1 aliphatic heterocycles. The first-order valence-corrected chi connectivity index (χ1v) is 16.8. The van der Waals surface area contributed by atoms with Crippen molar-refractivity contribution in [2.24, 2.45) is 17.8 Å². The third-order valence-electron chi connectivity index (χ3n) is 9.28. The molecule has 0 aromatic carbocycles. The van der Waals surface area contributed by atoms with Crippen molar-refractivity contribution in [1.82, 2.24) is 30.2 Å². The molecule has 0 aromatic rings. The largest absolute Gasteiger partial charge is 0.480 e. The zero-order valence-corrected chi connectivity index (χ0v) is 27.9. The molecule has 17 heteroatoms. The molecule has 17 nitrogen and oxygen atoms in total. The van der Waals surface area contributed by atoms with Crippen molar-refractivity contribution < 1.29 is 53.9 Å². The maximum atomic E-state index is 12.6. The minimum Gasteiger partial charge on any atom is -0.480 e. The standard InChI is InChI=1S/C32H50N6O11/c39-27(33-9-10-34-32(48)49-22-25-23-5-3-1-2-4-6-24(23)25)8-7-26(31(46)47)38-17-15-36(20-29(42)43)13-11-35(19-28(40)41)12-14-37(16-18-38)21-30(44)45/h23-26H,3-22H2,(H,33,39)(H,34,48)(H,40,41)(H,42,43)(H,44,45)(H,46,47)/t23-,24+,25?,26?. The Morgan fingerprint density at radius 2 is 1.12 bits per heavy atom. The Balaban J connectivity index is 1.49. The number of aliphatic carboxylic acids is 4. The van der Waals surface area contributed by atoms with Crippen LogP contribution in [0.25, 0.3) is 0 Å². The molecule has 0 aromatic heterocycles. The molecule has 2 aliphatic carbocycles. The number of carboxylic acids is 4. The molecular weight excluding hydrogens is 644 g/mol. The minimum absolute atomic E-state index is 0.0599. The molecule has 1 heterocycles. The quantitative estimate of drug-likeness (QED) is 0.0839. The lowest BCUT2D eigenvalue weighted by Crippen LogP contribution is -2.52. The van der Waals surface area contributed by atoms with Crippen LogP contribution in [-0.2, 0) is 28.7 Å². The van der Waals surface area contributed by atoms with Crippen LogP contribution >= 0.6 is 0 Å². The van der Waals surface area contributed by atoms with Gasteiger partial charge >= 0.3 is 30.0 Å². The van der Waals surface area contributed by atoms with Crippen molar-refractivity contribution in [3.8, 4) is 11.8 Å². The van der Waals surface area contributed by atoms with E-state index in [0.717, 1.165) is 25.7 Å². The number of rotatable bonds is 16. The summed E-state index contributed by atoms with van der Waals surface area (Å²) in [6.07, 6.45) is 3.06. The van der Waals surface area contributed by atoms with Gasteiger partial charge in [-0.1, -0.05) is 0 Å². The first-order valence-electron chi connectivity index (χ1n) is 16.8. The Morgan fingerprint density at radius 1 is 0.673 bits per heavy atom. The van der Waals surface area contributed by atoms with Crippen molar-refractivity contribution in [1.29, 1.82) is 0 Å². The van der Waals surface area contributed by atoms with Crippen molar-refractivity contribution >= 4 is 35.9 Å². The Morgan fingerprint density at radius 3 is 1.57 bits per heavy atom. The number of carbonyl (C=O) groups is 6. The molecule has 2 amide bonds. The van der Waals surface area contributed by atoms with Crippen LogP contribution in [0.2, 0.25) is 0 Å². The molecule has 49 heavy (non-hydrogen) atoms. The van der Waals surface area contributed by atoms with Crippen LogP contribution in [0.3, 0.4) is 0 Å². The monoisotopic (exact) mass is 694 g/mol. The molecule has 3 rings (SSSR count). The summed E-state index contributed by atoms with van der Waals surface area (Å²) in [5, 5.41) is 43.5. The lowest BCUT2D eigenvalue weighted by molar-refractivity contribution is -0.145. The smallest absolute Gasteiger partial charge is 0.407 e. The van der Waals surface area contributed by atoms with Crippen molar-refractivity contribution in [2.75, 3.05) is 91.7 Å². The SMILES string of the molecule is O=C(O)CN1CCN(CC(=O)O)CCN(C(CCC(=O)NCCNC(=O)OCC2[C@H]3CCC#CCC[C@@H]23)C(=O)O)CCN(CC(=O)O)CC1. The first kappa shape index (κ1) is 39.5. The van der Waals surface area contributed by atoms with Gasteiger partial charge in [-0.05, 0) is 37.0 Å². The second-order valence-electron chi connectivity index (χ2n) is 12.7. The Kier molecular flexibility index (Phi) is 16.5. The number of fused-ring (bicyclic) bond motifs is 1. The molecule has 0 bridgehead atoms. The predicted molar refractivity (Wildman–Crippen MR) is 174 cm³/mol. The summed E-state index contributed by atoms with van der Waals surface area (Å²) in [5.74, 6) is 2.94. The molecule has 0 spiro atoms. The highest BCUT2D eigenvalue weighted by Crippen LogP contribution is 2.52. The van der Waals surface area contributed by atoms with Gasteiger partial charge in [-0.15, -0.1) is 11.8 Å². The van der Waals surface area contributed by atoms with Crippen LogP contribution in [0, 0.1) is 29.6 Å². The summed E-state index contributed by atoms with van der Waals surface area (Å²) in [6.45, 7) is 1.01. The summed E-state index contributed by atoms with van der Waals surface area (Å²) >= 11 is 0. The average molecular weight is 695 g/mol. The number of nitrogens with one attached hydrogen (secondary N) is 2. The molecule has 274 valence electrons. The third-order valence-corrected chi connectivity index (χ3v) is 9.28. The molecule has 1 saturated heterocycles. The zero-order chi connectivity index (χ0) is 35.8. The van der Waals surface area contributed by atoms with Crippen molar-refractivity contribution in [2.45, 2.75) is 44.6 Å². The van der Waals surface area contributed by atoms with Gasteiger partial charge in [0.1, 0.15) is 6.04 Å². The second kappa shape index (κ2) is 20.5. The van der Waals surface area contributed by atoms with Gasteiger partial charge in [0.2, 0.25) is 5.91 Å². The highest BCUT2D eigenvalue weighted by Gasteiger charge is 2.49. The van der Waals surface area contributed by atoms with Crippen LogP contribution < -0.4 is 10.6 Å². The van der Waals surface area contributed by atoms with E-state index in [1.165, 1.54) is 0 Å². The summed E-state index contributed by atoms with van der Waals surface area (Å²) in [5.41, 5.74) is 0. The molecule has 3 aliphatic rings. The van der Waals surface area contributed by atoms with Gasteiger partial charge in [0.25, 0.3) is 0 Å².